The Hall–Kier alpha value is -1.03. The van der Waals surface area contributed by atoms with Gasteiger partial charge in [0.05, 0.1) is 16.6 Å². The lowest BCUT2D eigenvalue weighted by atomic mass is 9.96. The highest BCUT2D eigenvalue weighted by Gasteiger charge is 2.19. The zero-order valence-corrected chi connectivity index (χ0v) is 11.9. The molecule has 1 N–H and O–H groups in total. The van der Waals surface area contributed by atoms with Crippen LogP contribution in [0.2, 0.25) is 0 Å². The Morgan fingerprint density at radius 1 is 1.29 bits per heavy atom. The van der Waals surface area contributed by atoms with E-state index in [4.69, 9.17) is 4.74 Å². The van der Waals surface area contributed by atoms with Crippen LogP contribution in [0.5, 0.6) is 5.75 Å². The predicted octanol–water partition coefficient (Wildman–Crippen LogP) is 3.46. The molecule has 1 aromatic rings. The van der Waals surface area contributed by atoms with Crippen molar-refractivity contribution in [3.63, 3.8) is 0 Å². The third-order valence-corrected chi connectivity index (χ3v) is 3.28. The van der Waals surface area contributed by atoms with Crippen LogP contribution in [0.25, 0.3) is 0 Å². The van der Waals surface area contributed by atoms with Crippen LogP contribution in [0.1, 0.15) is 42.3 Å². The Balaban J connectivity index is 3.39. The normalized spacial score (nSPS) is 10.4. The van der Waals surface area contributed by atoms with E-state index in [9.17, 15) is 9.90 Å². The van der Waals surface area contributed by atoms with Crippen molar-refractivity contribution >= 4 is 21.9 Å². The summed E-state index contributed by atoms with van der Waals surface area (Å²) in [6.45, 7) is 6.04. The number of carbonyl (C=O) groups excluding carboxylic acids is 1. The minimum atomic E-state index is -0.334. The van der Waals surface area contributed by atoms with Crippen molar-refractivity contribution in [3.8, 4) is 5.75 Å². The number of hydrogen-bond acceptors (Lipinski definition) is 3. The Bertz CT molecular complexity index is 427. The molecule has 3 nitrogen and oxygen atoms in total. The third kappa shape index (κ3) is 2.80. The van der Waals surface area contributed by atoms with E-state index in [1.165, 1.54) is 0 Å². The number of carbonyl (C=O) groups is 1. The van der Waals surface area contributed by atoms with Crippen molar-refractivity contribution in [1.29, 1.82) is 0 Å². The number of esters is 1. The van der Waals surface area contributed by atoms with Crippen LogP contribution < -0.4 is 0 Å². The van der Waals surface area contributed by atoms with E-state index in [1.807, 2.05) is 13.8 Å². The van der Waals surface area contributed by atoms with E-state index in [2.05, 4.69) is 15.9 Å². The summed E-state index contributed by atoms with van der Waals surface area (Å²) < 4.78 is 5.56. The molecule has 0 heterocycles. The summed E-state index contributed by atoms with van der Waals surface area (Å²) >= 11 is 3.26. The largest absolute Gasteiger partial charge is 0.506 e. The van der Waals surface area contributed by atoms with Crippen LogP contribution in [0.3, 0.4) is 0 Å². The molecule has 0 radical (unpaired) electrons. The first kappa shape index (κ1) is 14.0. The Morgan fingerprint density at radius 3 is 2.35 bits per heavy atom. The molecule has 1 rings (SSSR count). The molecule has 0 amide bonds. The molecule has 0 atom stereocenters. The molecular weight excluding hydrogens is 284 g/mol. The Morgan fingerprint density at radius 2 is 1.88 bits per heavy atom. The zero-order valence-electron chi connectivity index (χ0n) is 10.3. The molecule has 0 fully saturated rings. The van der Waals surface area contributed by atoms with Gasteiger partial charge >= 0.3 is 5.97 Å². The minimum Gasteiger partial charge on any atom is -0.506 e. The van der Waals surface area contributed by atoms with Crippen molar-refractivity contribution in [3.05, 3.63) is 27.2 Å². The van der Waals surface area contributed by atoms with Crippen molar-refractivity contribution in [1.82, 2.24) is 0 Å². The van der Waals surface area contributed by atoms with Gasteiger partial charge in [-0.25, -0.2) is 4.79 Å². The van der Waals surface area contributed by atoms with Gasteiger partial charge in [-0.1, -0.05) is 13.8 Å². The van der Waals surface area contributed by atoms with Crippen molar-refractivity contribution in [2.45, 2.75) is 33.6 Å². The van der Waals surface area contributed by atoms with E-state index >= 15 is 0 Å². The lowest BCUT2D eigenvalue weighted by Gasteiger charge is -2.14. The van der Waals surface area contributed by atoms with E-state index < -0.39 is 0 Å². The lowest BCUT2D eigenvalue weighted by molar-refractivity contribution is 0.0525. The molecule has 17 heavy (non-hydrogen) atoms. The molecule has 1 aromatic carbocycles. The van der Waals surface area contributed by atoms with Gasteiger partial charge in [-0.2, -0.15) is 0 Å². The maximum absolute atomic E-state index is 11.8. The van der Waals surface area contributed by atoms with Gasteiger partial charge in [-0.05, 0) is 52.9 Å². The molecule has 0 aliphatic rings. The summed E-state index contributed by atoms with van der Waals surface area (Å²) in [4.78, 5) is 11.8. The SMILES string of the molecule is CCOC(=O)c1cc(Br)c(O)c(CC)c1CC. The zero-order chi connectivity index (χ0) is 13.0. The van der Waals surface area contributed by atoms with Gasteiger partial charge < -0.3 is 9.84 Å². The fraction of sp³-hybridized carbons (Fsp3) is 0.462. The Labute approximate surface area is 110 Å². The molecule has 0 saturated carbocycles. The number of halogens is 1. The fourth-order valence-corrected chi connectivity index (χ4v) is 2.38. The summed E-state index contributed by atoms with van der Waals surface area (Å²) in [5.74, 6) is -0.114. The van der Waals surface area contributed by atoms with E-state index in [0.29, 0.717) is 29.5 Å². The number of benzene rings is 1. The summed E-state index contributed by atoms with van der Waals surface area (Å²) in [6.07, 6.45) is 1.37. The summed E-state index contributed by atoms with van der Waals surface area (Å²) in [5.41, 5.74) is 2.22. The van der Waals surface area contributed by atoms with Crippen molar-refractivity contribution < 1.29 is 14.6 Å². The molecule has 4 heteroatoms. The third-order valence-electron chi connectivity index (χ3n) is 2.67. The highest BCUT2D eigenvalue weighted by molar-refractivity contribution is 9.10. The molecule has 0 aliphatic heterocycles. The molecular formula is C13H17BrO3. The van der Waals surface area contributed by atoms with Crippen LogP contribution in [-0.2, 0) is 17.6 Å². The number of phenols is 1. The van der Waals surface area contributed by atoms with Crippen LogP contribution in [0.15, 0.2) is 10.5 Å². The second-order valence-corrected chi connectivity index (χ2v) is 4.49. The molecule has 0 unspecified atom stereocenters. The second-order valence-electron chi connectivity index (χ2n) is 3.64. The standard InChI is InChI=1S/C13H17BrO3/c1-4-8-9(5-2)12(15)11(14)7-10(8)13(16)17-6-3/h7,15H,4-6H2,1-3H3. The van der Waals surface area contributed by atoms with Gasteiger partial charge in [-0.15, -0.1) is 0 Å². The predicted molar refractivity (Wildman–Crippen MR) is 70.5 cm³/mol. The maximum atomic E-state index is 11.8. The average Bonchev–Trinajstić information content (AvgIpc) is 2.32. The van der Waals surface area contributed by atoms with Gasteiger partial charge in [0.15, 0.2) is 0 Å². The number of aromatic hydroxyl groups is 1. The quantitative estimate of drug-likeness (QED) is 0.866. The highest BCUT2D eigenvalue weighted by Crippen LogP contribution is 2.34. The Kier molecular flexibility index (Phi) is 5.00. The number of hydrogen-bond donors (Lipinski definition) is 1. The van der Waals surface area contributed by atoms with Gasteiger partial charge in [0.2, 0.25) is 0 Å². The molecule has 94 valence electrons. The molecule has 0 spiro atoms. The topological polar surface area (TPSA) is 46.5 Å². The summed E-state index contributed by atoms with van der Waals surface area (Å²) in [7, 11) is 0. The van der Waals surface area contributed by atoms with Gasteiger partial charge in [-0.3, -0.25) is 0 Å². The van der Waals surface area contributed by atoms with Crippen LogP contribution in [0.4, 0.5) is 0 Å². The monoisotopic (exact) mass is 300 g/mol. The second kappa shape index (κ2) is 6.05. The lowest BCUT2D eigenvalue weighted by Crippen LogP contribution is -2.10. The first-order valence-electron chi connectivity index (χ1n) is 5.77. The van der Waals surface area contributed by atoms with E-state index in [-0.39, 0.29) is 11.7 Å². The average molecular weight is 301 g/mol. The van der Waals surface area contributed by atoms with Gasteiger partial charge in [0, 0.05) is 0 Å². The molecule has 0 aromatic heterocycles. The maximum Gasteiger partial charge on any atom is 0.338 e. The first-order valence-corrected chi connectivity index (χ1v) is 6.56. The first-order chi connectivity index (χ1) is 8.06. The van der Waals surface area contributed by atoms with Crippen molar-refractivity contribution in [2.24, 2.45) is 0 Å². The summed E-state index contributed by atoms with van der Waals surface area (Å²) in [6, 6.07) is 1.63. The highest BCUT2D eigenvalue weighted by atomic mass is 79.9. The fourth-order valence-electron chi connectivity index (χ4n) is 1.91. The number of phenolic OH excluding ortho intramolecular Hbond substituents is 1. The minimum absolute atomic E-state index is 0.220. The van der Waals surface area contributed by atoms with Crippen LogP contribution in [0, 0.1) is 0 Å². The van der Waals surface area contributed by atoms with Gasteiger partial charge in [0.1, 0.15) is 5.75 Å². The molecule has 0 saturated heterocycles. The number of rotatable bonds is 4. The van der Waals surface area contributed by atoms with Crippen LogP contribution >= 0.6 is 15.9 Å². The number of ether oxygens (including phenoxy) is 1. The van der Waals surface area contributed by atoms with E-state index in [0.717, 1.165) is 11.1 Å². The summed E-state index contributed by atoms with van der Waals surface area (Å²) in [5, 5.41) is 9.95. The van der Waals surface area contributed by atoms with Gasteiger partial charge in [0.25, 0.3) is 0 Å². The molecule has 0 bridgehead atoms. The van der Waals surface area contributed by atoms with Crippen LogP contribution in [-0.4, -0.2) is 17.7 Å². The van der Waals surface area contributed by atoms with E-state index in [1.54, 1.807) is 13.0 Å². The van der Waals surface area contributed by atoms with Crippen molar-refractivity contribution in [2.75, 3.05) is 6.61 Å². The smallest absolute Gasteiger partial charge is 0.338 e. The molecule has 0 aliphatic carbocycles.